The highest BCUT2D eigenvalue weighted by molar-refractivity contribution is 6.01. The molecule has 0 amide bonds. The van der Waals surface area contributed by atoms with Gasteiger partial charge in [0.15, 0.2) is 11.9 Å². The third kappa shape index (κ3) is 3.21. The number of H-pyrrole nitrogens is 1. The molecule has 6 rings (SSSR count). The van der Waals surface area contributed by atoms with Gasteiger partial charge in [0.25, 0.3) is 5.89 Å². The van der Waals surface area contributed by atoms with Gasteiger partial charge in [-0.25, -0.2) is 9.97 Å². The van der Waals surface area contributed by atoms with E-state index in [1.807, 2.05) is 24.4 Å². The van der Waals surface area contributed by atoms with Crippen LogP contribution in [0.2, 0.25) is 0 Å². The minimum Gasteiger partial charge on any atom is -0.365 e. The zero-order valence-corrected chi connectivity index (χ0v) is 16.7. The number of benzene rings is 1. The first-order valence-corrected chi connectivity index (χ1v) is 10.3. The molecule has 1 aliphatic heterocycles. The number of fused-ring (bicyclic) bond motifs is 1. The molecule has 1 saturated carbocycles. The molecule has 1 atom stereocenters. The number of nitrogens with one attached hydrogen (secondary N) is 1. The second kappa shape index (κ2) is 7.18. The number of hydrogen-bond donors (Lipinski definition) is 1. The van der Waals surface area contributed by atoms with E-state index >= 15 is 0 Å². The lowest BCUT2D eigenvalue weighted by molar-refractivity contribution is 0.0185. The summed E-state index contributed by atoms with van der Waals surface area (Å²) in [5.41, 5.74) is 3.26. The molecule has 154 valence electrons. The fourth-order valence-electron chi connectivity index (χ4n) is 4.05. The van der Waals surface area contributed by atoms with Crippen LogP contribution in [0.25, 0.3) is 22.2 Å². The van der Waals surface area contributed by atoms with Gasteiger partial charge in [-0.15, -0.1) is 0 Å². The zero-order chi connectivity index (χ0) is 20.8. The van der Waals surface area contributed by atoms with Crippen LogP contribution < -0.4 is 4.90 Å². The summed E-state index contributed by atoms with van der Waals surface area (Å²) < 4.78 is 11.4. The van der Waals surface area contributed by atoms with E-state index in [4.69, 9.17) is 9.26 Å². The molecule has 1 aliphatic carbocycles. The summed E-state index contributed by atoms with van der Waals surface area (Å²) in [6.07, 6.45) is 5.42. The van der Waals surface area contributed by atoms with Crippen molar-refractivity contribution in [3.05, 3.63) is 54.1 Å². The molecule has 1 unspecified atom stereocenters. The number of aromatic nitrogens is 5. The molecule has 1 aromatic carbocycles. The molecular formula is C22H19N7O2. The van der Waals surface area contributed by atoms with Gasteiger partial charge in [-0.1, -0.05) is 17.3 Å². The van der Waals surface area contributed by atoms with E-state index in [9.17, 15) is 5.26 Å². The van der Waals surface area contributed by atoms with Crippen molar-refractivity contribution in [1.29, 1.82) is 5.26 Å². The van der Waals surface area contributed by atoms with E-state index in [-0.39, 0.29) is 6.10 Å². The summed E-state index contributed by atoms with van der Waals surface area (Å²) in [4.78, 5) is 19.0. The van der Waals surface area contributed by atoms with Crippen LogP contribution in [0.4, 0.5) is 5.82 Å². The van der Waals surface area contributed by atoms with Crippen molar-refractivity contribution in [1.82, 2.24) is 25.1 Å². The molecular weight excluding hydrogens is 394 g/mol. The Kier molecular flexibility index (Phi) is 4.18. The normalized spacial score (nSPS) is 18.9. The first-order valence-electron chi connectivity index (χ1n) is 10.3. The van der Waals surface area contributed by atoms with Crippen LogP contribution in [0.3, 0.4) is 0 Å². The van der Waals surface area contributed by atoms with Crippen molar-refractivity contribution in [2.75, 3.05) is 24.6 Å². The van der Waals surface area contributed by atoms with Gasteiger partial charge in [0.05, 0.1) is 30.2 Å². The van der Waals surface area contributed by atoms with Crippen molar-refractivity contribution < 1.29 is 9.26 Å². The van der Waals surface area contributed by atoms with Crippen LogP contribution in [0.15, 0.2) is 41.3 Å². The molecule has 9 heteroatoms. The van der Waals surface area contributed by atoms with E-state index in [0.29, 0.717) is 37.1 Å². The van der Waals surface area contributed by atoms with Crippen LogP contribution in [0, 0.1) is 11.3 Å². The van der Waals surface area contributed by atoms with E-state index in [0.717, 1.165) is 46.6 Å². The Morgan fingerprint density at radius 3 is 3.03 bits per heavy atom. The zero-order valence-electron chi connectivity index (χ0n) is 16.7. The third-order valence-corrected chi connectivity index (χ3v) is 5.79. The minimum absolute atomic E-state index is 0.303. The molecule has 0 spiro atoms. The molecule has 1 N–H and O–H groups in total. The third-order valence-electron chi connectivity index (χ3n) is 5.79. The van der Waals surface area contributed by atoms with Crippen molar-refractivity contribution in [3.63, 3.8) is 0 Å². The van der Waals surface area contributed by atoms with Gasteiger partial charge in [-0.3, -0.25) is 0 Å². The molecule has 31 heavy (non-hydrogen) atoms. The maximum atomic E-state index is 9.28. The topological polar surface area (TPSA) is 117 Å². The fraction of sp³-hybridized carbons (Fsp3) is 0.318. The maximum absolute atomic E-state index is 9.28. The van der Waals surface area contributed by atoms with E-state index in [1.165, 1.54) is 0 Å². The molecule has 2 aliphatic rings. The van der Waals surface area contributed by atoms with Gasteiger partial charge in [-0.05, 0) is 30.5 Å². The number of anilines is 1. The van der Waals surface area contributed by atoms with Crippen molar-refractivity contribution >= 4 is 16.9 Å². The highest BCUT2D eigenvalue weighted by atomic mass is 16.5. The average molecular weight is 413 g/mol. The molecule has 0 radical (unpaired) electrons. The van der Waals surface area contributed by atoms with Crippen molar-refractivity contribution in [2.45, 2.75) is 24.9 Å². The number of aromatic amines is 1. The summed E-state index contributed by atoms with van der Waals surface area (Å²) in [7, 11) is 0. The summed E-state index contributed by atoms with van der Waals surface area (Å²) in [5, 5.41) is 14.3. The van der Waals surface area contributed by atoms with Gasteiger partial charge in [0.2, 0.25) is 0 Å². The highest BCUT2D eigenvalue weighted by Gasteiger charge is 2.33. The van der Waals surface area contributed by atoms with Gasteiger partial charge in [-0.2, -0.15) is 10.2 Å². The first-order chi connectivity index (χ1) is 15.3. The first kappa shape index (κ1) is 18.0. The largest absolute Gasteiger partial charge is 0.365 e. The van der Waals surface area contributed by atoms with E-state index < -0.39 is 0 Å². The summed E-state index contributed by atoms with van der Waals surface area (Å²) >= 11 is 0. The minimum atomic E-state index is -0.303. The Balaban J connectivity index is 1.36. The molecule has 1 saturated heterocycles. The number of morpholine rings is 1. The second-order valence-electron chi connectivity index (χ2n) is 7.89. The smallest absolute Gasteiger partial charge is 0.257 e. The van der Waals surface area contributed by atoms with Crippen LogP contribution >= 0.6 is 0 Å². The van der Waals surface area contributed by atoms with Crippen LogP contribution in [0.1, 0.15) is 42.1 Å². The van der Waals surface area contributed by atoms with E-state index in [2.05, 4.69) is 36.1 Å². The summed E-state index contributed by atoms with van der Waals surface area (Å²) in [6.45, 7) is 1.78. The number of ether oxygens (including phenoxy) is 1. The molecule has 2 fully saturated rings. The molecule has 3 aromatic heterocycles. The monoisotopic (exact) mass is 413 g/mol. The standard InChI is InChI=1S/C22H19N7O2/c23-9-13-2-1-3-15(8-13)16-10-24-20-18(16)21(26-12-25-20)29-6-7-30-17(11-29)22-27-19(28-31-22)14-4-5-14/h1-3,8,10,12,14,17H,4-7,11H2,(H,24,25,26). The lowest BCUT2D eigenvalue weighted by Crippen LogP contribution is -2.39. The Bertz CT molecular complexity index is 1300. The van der Waals surface area contributed by atoms with Crippen LogP contribution in [-0.2, 0) is 4.74 Å². The van der Waals surface area contributed by atoms with E-state index in [1.54, 1.807) is 12.4 Å². The highest BCUT2D eigenvalue weighted by Crippen LogP contribution is 2.39. The quantitative estimate of drug-likeness (QED) is 0.541. The Morgan fingerprint density at radius 1 is 1.23 bits per heavy atom. The predicted molar refractivity (Wildman–Crippen MR) is 111 cm³/mol. The number of hydrogen-bond acceptors (Lipinski definition) is 8. The molecule has 9 nitrogen and oxygen atoms in total. The Hall–Kier alpha value is -3.77. The lowest BCUT2D eigenvalue weighted by Gasteiger charge is -2.32. The average Bonchev–Trinajstić information content (AvgIpc) is 3.39. The lowest BCUT2D eigenvalue weighted by atomic mass is 10.0. The summed E-state index contributed by atoms with van der Waals surface area (Å²) in [5.74, 6) is 2.56. The number of rotatable bonds is 4. The predicted octanol–water partition coefficient (Wildman–Crippen LogP) is 3.33. The Morgan fingerprint density at radius 2 is 2.16 bits per heavy atom. The second-order valence-corrected chi connectivity index (χ2v) is 7.89. The molecule has 4 heterocycles. The van der Waals surface area contributed by atoms with Gasteiger partial charge < -0.3 is 19.1 Å². The van der Waals surface area contributed by atoms with Gasteiger partial charge in [0, 0.05) is 24.2 Å². The van der Waals surface area contributed by atoms with Crippen molar-refractivity contribution in [3.8, 4) is 17.2 Å². The van der Waals surface area contributed by atoms with Crippen molar-refractivity contribution in [2.24, 2.45) is 0 Å². The Labute approximate surface area is 177 Å². The van der Waals surface area contributed by atoms with Crippen LogP contribution in [0.5, 0.6) is 0 Å². The maximum Gasteiger partial charge on any atom is 0.257 e. The number of nitrogens with zero attached hydrogens (tertiary/aromatic N) is 6. The summed E-state index contributed by atoms with van der Waals surface area (Å²) in [6, 6.07) is 9.74. The van der Waals surface area contributed by atoms with Gasteiger partial charge in [0.1, 0.15) is 17.8 Å². The SMILES string of the molecule is N#Cc1cccc(-c2c[nH]c3ncnc(N4CCOC(c5nc(C6CC6)no5)C4)c23)c1. The fourth-order valence-corrected chi connectivity index (χ4v) is 4.05. The van der Waals surface area contributed by atoms with Gasteiger partial charge >= 0.3 is 0 Å². The van der Waals surface area contributed by atoms with Crippen LogP contribution in [-0.4, -0.2) is 44.8 Å². The molecule has 0 bridgehead atoms. The number of nitriles is 1. The molecule has 4 aromatic rings.